The van der Waals surface area contributed by atoms with Gasteiger partial charge in [-0.2, -0.15) is 0 Å². The molecule has 156 valence electrons. The molecule has 0 bridgehead atoms. The molecule has 1 aromatic rings. The Morgan fingerprint density at radius 1 is 1.18 bits per heavy atom. The van der Waals surface area contributed by atoms with E-state index in [1.807, 2.05) is 31.2 Å². The maximum Gasteiger partial charge on any atom is 0.221 e. The zero-order valence-corrected chi connectivity index (χ0v) is 17.3. The first-order chi connectivity index (χ1) is 13.6. The quantitative estimate of drug-likeness (QED) is 0.446. The van der Waals surface area contributed by atoms with E-state index in [4.69, 9.17) is 9.47 Å². The number of nitrogens with zero attached hydrogens (tertiary/aromatic N) is 1. The second-order valence-electron chi connectivity index (χ2n) is 7.11. The molecule has 0 heterocycles. The Morgan fingerprint density at radius 3 is 2.57 bits per heavy atom. The van der Waals surface area contributed by atoms with Gasteiger partial charge in [-0.05, 0) is 31.9 Å². The van der Waals surface area contributed by atoms with Gasteiger partial charge in [0.05, 0.1) is 13.7 Å². The van der Waals surface area contributed by atoms with Gasteiger partial charge < -0.3 is 25.4 Å². The smallest absolute Gasteiger partial charge is 0.221 e. The van der Waals surface area contributed by atoms with Gasteiger partial charge in [0.2, 0.25) is 5.91 Å². The lowest BCUT2D eigenvalue weighted by Gasteiger charge is -2.23. The monoisotopic (exact) mass is 390 g/mol. The summed E-state index contributed by atoms with van der Waals surface area (Å²) in [6.45, 7) is 3.09. The standard InChI is InChI=1S/C21H34N4O3/c1-16(28-19-12-8-7-11-18(19)27-3)15-24-21(22-2)23-14-13-20(26)25-17-9-5-4-6-10-17/h7-8,11-12,16-17H,4-6,9-10,13-15H2,1-3H3,(H,25,26)(H2,22,23,24). The highest BCUT2D eigenvalue weighted by Gasteiger charge is 2.15. The molecule has 1 aliphatic carbocycles. The third-order valence-corrected chi connectivity index (χ3v) is 4.79. The summed E-state index contributed by atoms with van der Waals surface area (Å²) in [5, 5.41) is 9.53. The fourth-order valence-electron chi connectivity index (χ4n) is 3.28. The minimum absolute atomic E-state index is 0.0792. The summed E-state index contributed by atoms with van der Waals surface area (Å²) in [5.74, 6) is 2.17. The number of hydrogen-bond donors (Lipinski definition) is 3. The zero-order chi connectivity index (χ0) is 20.2. The summed E-state index contributed by atoms with van der Waals surface area (Å²) >= 11 is 0. The number of carbonyl (C=O) groups excluding carboxylic acids is 1. The number of ether oxygens (including phenoxy) is 2. The predicted molar refractivity (Wildman–Crippen MR) is 112 cm³/mol. The minimum atomic E-state index is -0.0792. The minimum Gasteiger partial charge on any atom is -0.493 e. The number of benzene rings is 1. The average molecular weight is 391 g/mol. The van der Waals surface area contributed by atoms with Crippen LogP contribution in [0.15, 0.2) is 29.3 Å². The van der Waals surface area contributed by atoms with Gasteiger partial charge in [0.25, 0.3) is 0 Å². The molecule has 28 heavy (non-hydrogen) atoms. The van der Waals surface area contributed by atoms with Gasteiger partial charge in [0.1, 0.15) is 6.10 Å². The lowest BCUT2D eigenvalue weighted by atomic mass is 9.95. The number of methoxy groups -OCH3 is 1. The molecule has 1 aliphatic rings. The van der Waals surface area contributed by atoms with Crippen molar-refractivity contribution in [1.29, 1.82) is 0 Å². The predicted octanol–water partition coefficient (Wildman–Crippen LogP) is 2.47. The number of carbonyl (C=O) groups is 1. The molecule has 7 nitrogen and oxygen atoms in total. The van der Waals surface area contributed by atoms with Gasteiger partial charge >= 0.3 is 0 Å². The van der Waals surface area contributed by atoms with Crippen LogP contribution in [0.1, 0.15) is 45.4 Å². The molecule has 0 aliphatic heterocycles. The van der Waals surface area contributed by atoms with Crippen molar-refractivity contribution in [2.45, 2.75) is 57.6 Å². The van der Waals surface area contributed by atoms with Gasteiger partial charge in [-0.3, -0.25) is 9.79 Å². The Balaban J connectivity index is 1.65. The van der Waals surface area contributed by atoms with Gasteiger partial charge in [0, 0.05) is 26.1 Å². The highest BCUT2D eigenvalue weighted by molar-refractivity contribution is 5.81. The Hall–Kier alpha value is -2.44. The van der Waals surface area contributed by atoms with Crippen LogP contribution in [0.25, 0.3) is 0 Å². The van der Waals surface area contributed by atoms with Crippen molar-refractivity contribution < 1.29 is 14.3 Å². The van der Waals surface area contributed by atoms with Crippen molar-refractivity contribution in [3.63, 3.8) is 0 Å². The number of amides is 1. The molecule has 7 heteroatoms. The zero-order valence-electron chi connectivity index (χ0n) is 17.3. The third kappa shape index (κ3) is 7.66. The molecular weight excluding hydrogens is 356 g/mol. The van der Waals surface area contributed by atoms with Gasteiger partial charge in [-0.15, -0.1) is 0 Å². The second-order valence-corrected chi connectivity index (χ2v) is 7.11. The number of para-hydroxylation sites is 2. The van der Waals surface area contributed by atoms with Crippen molar-refractivity contribution >= 4 is 11.9 Å². The largest absolute Gasteiger partial charge is 0.493 e. The molecule has 2 rings (SSSR count). The fourth-order valence-corrected chi connectivity index (χ4v) is 3.28. The Kier molecular flexibility index (Phi) is 9.45. The number of rotatable bonds is 9. The molecule has 1 saturated carbocycles. The molecule has 1 aromatic carbocycles. The molecule has 0 aromatic heterocycles. The van der Waals surface area contributed by atoms with Crippen LogP contribution in [-0.4, -0.2) is 51.3 Å². The summed E-state index contributed by atoms with van der Waals surface area (Å²) in [6, 6.07) is 7.93. The summed E-state index contributed by atoms with van der Waals surface area (Å²) in [4.78, 5) is 16.3. The van der Waals surface area contributed by atoms with Gasteiger partial charge in [-0.1, -0.05) is 31.4 Å². The average Bonchev–Trinajstić information content (AvgIpc) is 2.71. The van der Waals surface area contributed by atoms with Crippen molar-refractivity contribution in [3.05, 3.63) is 24.3 Å². The van der Waals surface area contributed by atoms with E-state index < -0.39 is 0 Å². The Labute approximate surface area is 168 Å². The van der Waals surface area contributed by atoms with Crippen LogP contribution in [0.4, 0.5) is 0 Å². The molecule has 1 unspecified atom stereocenters. The topological polar surface area (TPSA) is 84.0 Å². The first-order valence-corrected chi connectivity index (χ1v) is 10.2. The van der Waals surface area contributed by atoms with Crippen LogP contribution in [0.5, 0.6) is 11.5 Å². The molecule has 1 atom stereocenters. The molecule has 0 radical (unpaired) electrons. The van der Waals surface area contributed by atoms with Crippen LogP contribution in [0, 0.1) is 0 Å². The van der Waals surface area contributed by atoms with E-state index in [-0.39, 0.29) is 12.0 Å². The molecule has 1 fully saturated rings. The number of nitrogens with one attached hydrogen (secondary N) is 3. The van der Waals surface area contributed by atoms with Crippen molar-refractivity contribution in [2.75, 3.05) is 27.2 Å². The van der Waals surface area contributed by atoms with Crippen molar-refractivity contribution in [3.8, 4) is 11.5 Å². The molecular formula is C21H34N4O3. The maximum atomic E-state index is 12.1. The van der Waals surface area contributed by atoms with E-state index in [1.165, 1.54) is 19.3 Å². The van der Waals surface area contributed by atoms with Gasteiger partial charge in [-0.25, -0.2) is 0 Å². The van der Waals surface area contributed by atoms with E-state index in [2.05, 4.69) is 20.9 Å². The van der Waals surface area contributed by atoms with Crippen molar-refractivity contribution in [1.82, 2.24) is 16.0 Å². The van der Waals surface area contributed by atoms with Crippen LogP contribution in [-0.2, 0) is 4.79 Å². The number of guanidine groups is 1. The molecule has 3 N–H and O–H groups in total. The lowest BCUT2D eigenvalue weighted by molar-refractivity contribution is -0.121. The van der Waals surface area contributed by atoms with Crippen LogP contribution in [0.2, 0.25) is 0 Å². The Morgan fingerprint density at radius 2 is 1.89 bits per heavy atom. The first kappa shape index (κ1) is 21.9. The Bertz CT molecular complexity index is 630. The van der Waals surface area contributed by atoms with Crippen LogP contribution >= 0.6 is 0 Å². The van der Waals surface area contributed by atoms with E-state index in [0.29, 0.717) is 43.0 Å². The summed E-state index contributed by atoms with van der Waals surface area (Å²) in [6.07, 6.45) is 6.28. The molecule has 0 saturated heterocycles. The first-order valence-electron chi connectivity index (χ1n) is 10.2. The normalized spacial score (nSPS) is 16.2. The van der Waals surface area contributed by atoms with Gasteiger partial charge in [0.15, 0.2) is 17.5 Å². The summed E-state index contributed by atoms with van der Waals surface area (Å²) in [7, 11) is 3.34. The summed E-state index contributed by atoms with van der Waals surface area (Å²) < 4.78 is 11.2. The second kappa shape index (κ2) is 12.1. The number of hydrogen-bond acceptors (Lipinski definition) is 4. The number of aliphatic imine (C=N–C) groups is 1. The van der Waals surface area contributed by atoms with E-state index in [0.717, 1.165) is 12.8 Å². The lowest BCUT2D eigenvalue weighted by Crippen LogP contribution is -2.43. The van der Waals surface area contributed by atoms with Crippen LogP contribution in [0.3, 0.4) is 0 Å². The third-order valence-electron chi connectivity index (χ3n) is 4.79. The molecule has 1 amide bonds. The van der Waals surface area contributed by atoms with E-state index >= 15 is 0 Å². The molecule has 0 spiro atoms. The van der Waals surface area contributed by atoms with Crippen molar-refractivity contribution in [2.24, 2.45) is 4.99 Å². The SMILES string of the molecule is CN=C(NCCC(=O)NC1CCCCC1)NCC(C)Oc1ccccc1OC. The highest BCUT2D eigenvalue weighted by atomic mass is 16.5. The van der Waals surface area contributed by atoms with E-state index in [1.54, 1.807) is 14.2 Å². The highest BCUT2D eigenvalue weighted by Crippen LogP contribution is 2.26. The van der Waals surface area contributed by atoms with E-state index in [9.17, 15) is 4.79 Å². The summed E-state index contributed by atoms with van der Waals surface area (Å²) in [5.41, 5.74) is 0. The maximum absolute atomic E-state index is 12.1. The fraction of sp³-hybridized carbons (Fsp3) is 0.619. The van der Waals surface area contributed by atoms with Crippen LogP contribution < -0.4 is 25.4 Å².